The number of aromatic nitrogens is 2. The molecule has 0 radical (unpaired) electrons. The summed E-state index contributed by atoms with van der Waals surface area (Å²) in [6, 6.07) is 12.2. The summed E-state index contributed by atoms with van der Waals surface area (Å²) in [5, 5.41) is 2.20. The van der Waals surface area contributed by atoms with Crippen LogP contribution in [0.1, 0.15) is 32.1 Å². The minimum Gasteiger partial charge on any atom is -0.249 e. The molecule has 3 rings (SSSR count). The van der Waals surface area contributed by atoms with Crippen molar-refractivity contribution in [3.63, 3.8) is 0 Å². The van der Waals surface area contributed by atoms with Crippen LogP contribution in [0.25, 0.3) is 0 Å². The third-order valence-corrected chi connectivity index (χ3v) is 10.4. The Labute approximate surface area is 147 Å². The van der Waals surface area contributed by atoms with Gasteiger partial charge in [-0.1, -0.05) is 53.0 Å². The van der Waals surface area contributed by atoms with Gasteiger partial charge in [0, 0.05) is 12.4 Å². The second kappa shape index (κ2) is 8.52. The van der Waals surface area contributed by atoms with Crippen molar-refractivity contribution in [3.05, 3.63) is 48.8 Å². The molecule has 0 aromatic carbocycles. The summed E-state index contributed by atoms with van der Waals surface area (Å²) < 4.78 is 0.266. The first kappa shape index (κ1) is 16.6. The number of hydrogen-bond donors (Lipinski definition) is 0. The Hall–Kier alpha value is -0.300. The lowest BCUT2D eigenvalue weighted by Gasteiger charge is -2.34. The molecule has 6 heteroatoms. The highest BCUT2D eigenvalue weighted by atomic mass is 33.1. The van der Waals surface area contributed by atoms with Gasteiger partial charge in [0.05, 0.1) is 4.08 Å². The summed E-state index contributed by atoms with van der Waals surface area (Å²) in [7, 11) is 7.60. The molecule has 0 spiro atoms. The van der Waals surface area contributed by atoms with E-state index in [2.05, 4.69) is 34.2 Å². The molecule has 0 N–H and O–H groups in total. The van der Waals surface area contributed by atoms with Gasteiger partial charge in [-0.25, -0.2) is 9.97 Å². The van der Waals surface area contributed by atoms with Gasteiger partial charge >= 0.3 is 0 Å². The molecular formula is C16H18N2S4. The second-order valence-electron chi connectivity index (χ2n) is 5.14. The predicted octanol–water partition coefficient (Wildman–Crippen LogP) is 6.32. The lowest BCUT2D eigenvalue weighted by atomic mass is 10.00. The molecule has 116 valence electrons. The highest BCUT2D eigenvalue weighted by molar-refractivity contribution is 8.85. The molecular weight excluding hydrogens is 348 g/mol. The standard InChI is InChI=1S/C16H18N2S4/c1-4-10-16(11-5-1,21-19-14-8-2-6-12-17-14)22-20-15-9-3-7-13-18-15/h2-3,6-9,12-13H,1,4-5,10-11H2. The topological polar surface area (TPSA) is 25.8 Å². The van der Waals surface area contributed by atoms with Crippen molar-refractivity contribution in [2.24, 2.45) is 0 Å². The molecule has 0 amide bonds. The molecule has 1 fully saturated rings. The van der Waals surface area contributed by atoms with E-state index in [-0.39, 0.29) is 4.08 Å². The Morgan fingerprint density at radius 2 is 1.27 bits per heavy atom. The van der Waals surface area contributed by atoms with Crippen LogP contribution in [0.3, 0.4) is 0 Å². The van der Waals surface area contributed by atoms with E-state index in [1.807, 2.05) is 67.7 Å². The summed E-state index contributed by atoms with van der Waals surface area (Å²) in [4.78, 5) is 8.85. The van der Waals surface area contributed by atoms with Crippen LogP contribution in [0.4, 0.5) is 0 Å². The summed E-state index contributed by atoms with van der Waals surface area (Å²) >= 11 is 0. The van der Waals surface area contributed by atoms with Gasteiger partial charge in [0.25, 0.3) is 0 Å². The van der Waals surface area contributed by atoms with Crippen molar-refractivity contribution in [3.8, 4) is 0 Å². The van der Waals surface area contributed by atoms with Crippen molar-refractivity contribution in [1.82, 2.24) is 9.97 Å². The number of hydrogen-bond acceptors (Lipinski definition) is 6. The maximum atomic E-state index is 4.43. The fourth-order valence-electron chi connectivity index (χ4n) is 2.30. The second-order valence-corrected chi connectivity index (χ2v) is 10.5. The van der Waals surface area contributed by atoms with E-state index < -0.39 is 0 Å². The molecule has 2 heterocycles. The maximum Gasteiger partial charge on any atom is 0.107 e. The monoisotopic (exact) mass is 366 g/mol. The molecule has 22 heavy (non-hydrogen) atoms. The van der Waals surface area contributed by atoms with Crippen LogP contribution in [0.5, 0.6) is 0 Å². The Bertz CT molecular complexity index is 513. The van der Waals surface area contributed by atoms with Gasteiger partial charge in [-0.3, -0.25) is 0 Å². The van der Waals surface area contributed by atoms with E-state index in [1.165, 1.54) is 32.1 Å². The Morgan fingerprint density at radius 1 is 0.727 bits per heavy atom. The zero-order valence-electron chi connectivity index (χ0n) is 12.2. The van der Waals surface area contributed by atoms with Gasteiger partial charge in [0.15, 0.2) is 0 Å². The number of pyridine rings is 2. The molecule has 2 aromatic heterocycles. The van der Waals surface area contributed by atoms with Gasteiger partial charge < -0.3 is 0 Å². The average molecular weight is 367 g/mol. The predicted molar refractivity (Wildman–Crippen MR) is 101 cm³/mol. The molecule has 2 aromatic rings. The van der Waals surface area contributed by atoms with Crippen molar-refractivity contribution in [2.75, 3.05) is 0 Å². The molecule has 0 unspecified atom stereocenters. The molecule has 1 saturated carbocycles. The van der Waals surface area contributed by atoms with Crippen molar-refractivity contribution < 1.29 is 0 Å². The number of nitrogens with zero attached hydrogens (tertiary/aromatic N) is 2. The number of rotatable bonds is 6. The smallest absolute Gasteiger partial charge is 0.107 e. The van der Waals surface area contributed by atoms with Crippen LogP contribution in [0, 0.1) is 0 Å². The van der Waals surface area contributed by atoms with Crippen LogP contribution < -0.4 is 0 Å². The van der Waals surface area contributed by atoms with E-state index in [0.29, 0.717) is 0 Å². The molecule has 0 bridgehead atoms. The highest BCUT2D eigenvalue weighted by Gasteiger charge is 2.35. The maximum absolute atomic E-state index is 4.43. The zero-order valence-corrected chi connectivity index (χ0v) is 15.4. The van der Waals surface area contributed by atoms with E-state index in [1.54, 1.807) is 0 Å². The quantitative estimate of drug-likeness (QED) is 0.438. The molecule has 0 aliphatic heterocycles. The van der Waals surface area contributed by atoms with Gasteiger partial charge in [-0.15, -0.1) is 0 Å². The Kier molecular flexibility index (Phi) is 6.41. The van der Waals surface area contributed by atoms with Crippen LogP contribution in [0.15, 0.2) is 58.8 Å². The van der Waals surface area contributed by atoms with Gasteiger partial charge in [0.2, 0.25) is 0 Å². The van der Waals surface area contributed by atoms with Crippen molar-refractivity contribution in [1.29, 1.82) is 0 Å². The van der Waals surface area contributed by atoms with E-state index in [9.17, 15) is 0 Å². The molecule has 2 nitrogen and oxygen atoms in total. The minimum absolute atomic E-state index is 0.266. The SMILES string of the molecule is c1ccc(SSC2(SSc3ccccn3)CCCCC2)nc1. The average Bonchev–Trinajstić information content (AvgIpc) is 2.61. The lowest BCUT2D eigenvalue weighted by molar-refractivity contribution is 0.494. The van der Waals surface area contributed by atoms with Gasteiger partial charge in [-0.05, 0) is 58.7 Å². The summed E-state index contributed by atoms with van der Waals surface area (Å²) in [5.41, 5.74) is 0. The van der Waals surface area contributed by atoms with E-state index in [0.717, 1.165) is 10.1 Å². The molecule has 1 aliphatic rings. The highest BCUT2D eigenvalue weighted by Crippen LogP contribution is 2.58. The third-order valence-electron chi connectivity index (χ3n) is 3.45. The van der Waals surface area contributed by atoms with Crippen molar-refractivity contribution in [2.45, 2.75) is 46.2 Å². The van der Waals surface area contributed by atoms with Crippen molar-refractivity contribution >= 4 is 43.2 Å². The van der Waals surface area contributed by atoms with Crippen LogP contribution >= 0.6 is 43.2 Å². The summed E-state index contributed by atoms with van der Waals surface area (Å²) in [5.74, 6) is 0. The fraction of sp³-hybridized carbons (Fsp3) is 0.375. The first-order valence-corrected chi connectivity index (χ1v) is 11.7. The lowest BCUT2D eigenvalue weighted by Crippen LogP contribution is -2.21. The van der Waals surface area contributed by atoms with Crippen LogP contribution in [0.2, 0.25) is 0 Å². The summed E-state index contributed by atoms with van der Waals surface area (Å²) in [6.45, 7) is 0. The normalized spacial score (nSPS) is 17.3. The minimum atomic E-state index is 0.266. The van der Waals surface area contributed by atoms with Crippen LogP contribution in [-0.2, 0) is 0 Å². The largest absolute Gasteiger partial charge is 0.249 e. The van der Waals surface area contributed by atoms with E-state index >= 15 is 0 Å². The Morgan fingerprint density at radius 3 is 1.73 bits per heavy atom. The molecule has 1 aliphatic carbocycles. The van der Waals surface area contributed by atoms with Gasteiger partial charge in [0.1, 0.15) is 10.1 Å². The first-order chi connectivity index (χ1) is 10.9. The summed E-state index contributed by atoms with van der Waals surface area (Å²) in [6.07, 6.45) is 10.3. The molecule has 0 saturated heterocycles. The Balaban J connectivity index is 1.62. The third kappa shape index (κ3) is 4.85. The first-order valence-electron chi connectivity index (χ1n) is 7.40. The van der Waals surface area contributed by atoms with Gasteiger partial charge in [-0.2, -0.15) is 0 Å². The molecule has 0 atom stereocenters. The van der Waals surface area contributed by atoms with Crippen LogP contribution in [-0.4, -0.2) is 14.0 Å². The fourth-order valence-corrected chi connectivity index (χ4v) is 8.90. The zero-order chi connectivity index (χ0) is 15.1. The van der Waals surface area contributed by atoms with E-state index in [4.69, 9.17) is 0 Å².